The summed E-state index contributed by atoms with van der Waals surface area (Å²) in [5, 5.41) is 8.86. The third-order valence-corrected chi connectivity index (χ3v) is 3.52. The molecule has 0 aliphatic carbocycles. The molecular weight excluding hydrogens is 272 g/mol. The van der Waals surface area contributed by atoms with Gasteiger partial charge < -0.3 is 11.1 Å². The molecule has 104 valence electrons. The smallest absolute Gasteiger partial charge is 0.262 e. The second-order valence-corrected chi connectivity index (χ2v) is 4.96. The van der Waals surface area contributed by atoms with E-state index in [0.717, 1.165) is 18.5 Å². The largest absolute Gasteiger partial charge is 0.351 e. The minimum atomic E-state index is -0.0817. The molecule has 5 nitrogen and oxygen atoms in total. The molecule has 0 saturated heterocycles. The molecule has 3 N–H and O–H groups in total. The van der Waals surface area contributed by atoms with Crippen molar-refractivity contribution in [1.82, 2.24) is 15.1 Å². The molecule has 0 fully saturated rings. The Hall–Kier alpha value is -2.10. The molecule has 0 bridgehead atoms. The quantitative estimate of drug-likeness (QED) is 0.638. The summed E-state index contributed by atoms with van der Waals surface area (Å²) in [5.41, 5.74) is 6.08. The molecule has 2 heterocycles. The van der Waals surface area contributed by atoms with Crippen molar-refractivity contribution in [3.63, 3.8) is 0 Å². The molecule has 20 heavy (non-hydrogen) atoms. The SMILES string of the molecule is NCC#Cc1ccsc1C(=O)NCCCn1cccn1. The van der Waals surface area contributed by atoms with Crippen LogP contribution in [0.4, 0.5) is 0 Å². The summed E-state index contributed by atoms with van der Waals surface area (Å²) in [6.07, 6.45) is 4.48. The number of aryl methyl sites for hydroxylation is 1. The van der Waals surface area contributed by atoms with Crippen molar-refractivity contribution in [2.75, 3.05) is 13.1 Å². The molecule has 0 atom stereocenters. The van der Waals surface area contributed by atoms with Gasteiger partial charge in [-0.15, -0.1) is 11.3 Å². The average molecular weight is 288 g/mol. The number of hydrogen-bond acceptors (Lipinski definition) is 4. The molecular formula is C14H16N4OS. The highest BCUT2D eigenvalue weighted by atomic mass is 32.1. The first-order chi connectivity index (χ1) is 9.81. The second kappa shape index (κ2) is 7.48. The van der Waals surface area contributed by atoms with E-state index in [2.05, 4.69) is 22.3 Å². The van der Waals surface area contributed by atoms with Crippen LogP contribution in [0.5, 0.6) is 0 Å². The zero-order chi connectivity index (χ0) is 14.2. The van der Waals surface area contributed by atoms with Crippen molar-refractivity contribution in [3.8, 4) is 11.8 Å². The highest BCUT2D eigenvalue weighted by Gasteiger charge is 2.10. The van der Waals surface area contributed by atoms with Gasteiger partial charge in [0, 0.05) is 31.0 Å². The number of amides is 1. The molecule has 6 heteroatoms. The van der Waals surface area contributed by atoms with Gasteiger partial charge in [-0.3, -0.25) is 9.48 Å². The molecule has 2 aromatic rings. The van der Waals surface area contributed by atoms with Gasteiger partial charge in [-0.1, -0.05) is 11.8 Å². The molecule has 0 aromatic carbocycles. The van der Waals surface area contributed by atoms with Crippen LogP contribution in [-0.4, -0.2) is 28.8 Å². The molecule has 0 aliphatic rings. The number of thiophene rings is 1. The minimum absolute atomic E-state index is 0.0817. The maximum atomic E-state index is 12.0. The number of nitrogens with zero attached hydrogens (tertiary/aromatic N) is 2. The lowest BCUT2D eigenvalue weighted by molar-refractivity contribution is 0.0956. The minimum Gasteiger partial charge on any atom is -0.351 e. The van der Waals surface area contributed by atoms with Gasteiger partial charge in [-0.25, -0.2) is 0 Å². The molecule has 2 aromatic heterocycles. The lowest BCUT2D eigenvalue weighted by atomic mass is 10.2. The van der Waals surface area contributed by atoms with Crippen LogP contribution in [0.15, 0.2) is 29.9 Å². The summed E-state index contributed by atoms with van der Waals surface area (Å²) >= 11 is 1.39. The van der Waals surface area contributed by atoms with E-state index in [9.17, 15) is 4.79 Å². The Balaban J connectivity index is 1.81. The number of carbonyl (C=O) groups excluding carboxylic acids is 1. The molecule has 0 radical (unpaired) electrons. The number of aromatic nitrogens is 2. The number of nitrogens with two attached hydrogens (primary N) is 1. The highest BCUT2D eigenvalue weighted by molar-refractivity contribution is 7.12. The van der Waals surface area contributed by atoms with E-state index in [1.165, 1.54) is 11.3 Å². The van der Waals surface area contributed by atoms with Gasteiger partial charge in [-0.05, 0) is 23.9 Å². The predicted molar refractivity (Wildman–Crippen MR) is 79.4 cm³/mol. The van der Waals surface area contributed by atoms with Gasteiger partial charge in [0.15, 0.2) is 0 Å². The Morgan fingerprint density at radius 3 is 3.20 bits per heavy atom. The van der Waals surface area contributed by atoms with Crippen LogP contribution < -0.4 is 11.1 Å². The van der Waals surface area contributed by atoms with E-state index in [4.69, 9.17) is 5.73 Å². The Morgan fingerprint density at radius 2 is 2.45 bits per heavy atom. The monoisotopic (exact) mass is 288 g/mol. The topological polar surface area (TPSA) is 72.9 Å². The van der Waals surface area contributed by atoms with Gasteiger partial charge >= 0.3 is 0 Å². The first kappa shape index (κ1) is 14.3. The molecule has 0 spiro atoms. The Morgan fingerprint density at radius 1 is 1.55 bits per heavy atom. The van der Waals surface area contributed by atoms with Crippen molar-refractivity contribution in [2.24, 2.45) is 5.73 Å². The van der Waals surface area contributed by atoms with E-state index in [0.29, 0.717) is 18.0 Å². The molecule has 1 amide bonds. The van der Waals surface area contributed by atoms with E-state index < -0.39 is 0 Å². The third kappa shape index (κ3) is 3.95. The summed E-state index contributed by atoms with van der Waals surface area (Å²) in [5.74, 6) is 5.59. The lowest BCUT2D eigenvalue weighted by Gasteiger charge is -2.04. The number of nitrogens with one attached hydrogen (secondary N) is 1. The fourth-order valence-corrected chi connectivity index (χ4v) is 2.45. The number of rotatable bonds is 5. The maximum absolute atomic E-state index is 12.0. The molecule has 0 unspecified atom stereocenters. The first-order valence-corrected chi connectivity index (χ1v) is 7.21. The number of carbonyl (C=O) groups is 1. The van der Waals surface area contributed by atoms with E-state index >= 15 is 0 Å². The molecule has 0 aliphatic heterocycles. The van der Waals surface area contributed by atoms with Crippen LogP contribution in [0.1, 0.15) is 21.7 Å². The van der Waals surface area contributed by atoms with Crippen LogP contribution in [-0.2, 0) is 6.54 Å². The average Bonchev–Trinajstić information content (AvgIpc) is 3.12. The van der Waals surface area contributed by atoms with Gasteiger partial charge in [0.1, 0.15) is 4.88 Å². The molecule has 2 rings (SSSR count). The zero-order valence-electron chi connectivity index (χ0n) is 11.0. The van der Waals surface area contributed by atoms with Crippen molar-refractivity contribution in [1.29, 1.82) is 0 Å². The van der Waals surface area contributed by atoms with E-state index in [-0.39, 0.29) is 5.91 Å². The van der Waals surface area contributed by atoms with Crippen LogP contribution in [0.3, 0.4) is 0 Å². The lowest BCUT2D eigenvalue weighted by Crippen LogP contribution is -2.25. The Bertz CT molecular complexity index is 607. The van der Waals surface area contributed by atoms with Crippen molar-refractivity contribution < 1.29 is 4.79 Å². The summed E-state index contributed by atoms with van der Waals surface area (Å²) in [6.45, 7) is 1.69. The third-order valence-electron chi connectivity index (χ3n) is 2.61. The van der Waals surface area contributed by atoms with Crippen molar-refractivity contribution >= 4 is 17.2 Å². The van der Waals surface area contributed by atoms with Crippen LogP contribution in [0.25, 0.3) is 0 Å². The summed E-state index contributed by atoms with van der Waals surface area (Å²) in [4.78, 5) is 12.7. The molecule has 0 saturated carbocycles. The number of hydrogen-bond donors (Lipinski definition) is 2. The standard InChI is InChI=1S/C14H16N4OS/c15-6-1-4-12-5-11-20-13(12)14(19)16-7-2-9-18-10-3-8-17-18/h3,5,8,10-11H,2,6-7,9,15H2,(H,16,19). The summed E-state index contributed by atoms with van der Waals surface area (Å²) in [6, 6.07) is 3.72. The summed E-state index contributed by atoms with van der Waals surface area (Å²) in [7, 11) is 0. The van der Waals surface area contributed by atoms with Crippen molar-refractivity contribution in [3.05, 3.63) is 40.3 Å². The fourth-order valence-electron chi connectivity index (χ4n) is 1.69. The first-order valence-electron chi connectivity index (χ1n) is 6.33. The Kier molecular flexibility index (Phi) is 5.35. The second-order valence-electron chi connectivity index (χ2n) is 4.05. The van der Waals surface area contributed by atoms with Gasteiger partial charge in [0.2, 0.25) is 0 Å². The zero-order valence-corrected chi connectivity index (χ0v) is 11.8. The highest BCUT2D eigenvalue weighted by Crippen LogP contribution is 2.15. The predicted octanol–water partition coefficient (Wildman–Crippen LogP) is 1.07. The maximum Gasteiger partial charge on any atom is 0.262 e. The fraction of sp³-hybridized carbons (Fsp3) is 0.286. The normalized spacial score (nSPS) is 9.85. The van der Waals surface area contributed by atoms with Crippen LogP contribution >= 0.6 is 11.3 Å². The van der Waals surface area contributed by atoms with E-state index in [1.54, 1.807) is 6.20 Å². The van der Waals surface area contributed by atoms with Gasteiger partial charge in [0.25, 0.3) is 5.91 Å². The summed E-state index contributed by atoms with van der Waals surface area (Å²) < 4.78 is 1.84. The van der Waals surface area contributed by atoms with Crippen LogP contribution in [0, 0.1) is 11.8 Å². The van der Waals surface area contributed by atoms with E-state index in [1.807, 2.05) is 28.4 Å². The van der Waals surface area contributed by atoms with Gasteiger partial charge in [0.05, 0.1) is 6.54 Å². The Labute approximate surface area is 121 Å². The van der Waals surface area contributed by atoms with Crippen molar-refractivity contribution in [2.45, 2.75) is 13.0 Å². The van der Waals surface area contributed by atoms with Gasteiger partial charge in [-0.2, -0.15) is 5.10 Å². The van der Waals surface area contributed by atoms with Crippen LogP contribution in [0.2, 0.25) is 0 Å².